The maximum absolute atomic E-state index is 12.0. The SMILES string of the molecule is CCOC(=O)[C@H](CCP(C)(=O)OCC)NC(=O)CCC(=O)O.O=C(O)CCC(=O)N[C@H]1CCOC1=O. The van der Waals surface area contributed by atoms with Crippen LogP contribution in [-0.4, -0.2) is 90.6 Å². The van der Waals surface area contributed by atoms with E-state index < -0.39 is 55.1 Å². The van der Waals surface area contributed by atoms with Crippen LogP contribution in [0.3, 0.4) is 0 Å². The maximum atomic E-state index is 12.0. The molecule has 0 aromatic carbocycles. The number of carbonyl (C=O) groups is 6. The lowest BCUT2D eigenvalue weighted by atomic mass is 10.2. The molecule has 1 saturated heterocycles. The van der Waals surface area contributed by atoms with Gasteiger partial charge in [0.1, 0.15) is 12.1 Å². The molecule has 14 nitrogen and oxygen atoms in total. The quantitative estimate of drug-likeness (QED) is 0.166. The van der Waals surface area contributed by atoms with Gasteiger partial charge < -0.3 is 34.8 Å². The van der Waals surface area contributed by atoms with Gasteiger partial charge in [-0.05, 0) is 20.3 Å². The van der Waals surface area contributed by atoms with Crippen LogP contribution >= 0.6 is 7.37 Å². The van der Waals surface area contributed by atoms with Crippen LogP contribution in [0.25, 0.3) is 0 Å². The van der Waals surface area contributed by atoms with Gasteiger partial charge in [-0.3, -0.25) is 23.7 Å². The summed E-state index contributed by atoms with van der Waals surface area (Å²) in [5.41, 5.74) is 0. The molecule has 0 aromatic heterocycles. The summed E-state index contributed by atoms with van der Waals surface area (Å²) in [4.78, 5) is 66.0. The summed E-state index contributed by atoms with van der Waals surface area (Å²) in [7, 11) is -2.83. The molecule has 206 valence electrons. The number of amides is 2. The number of rotatable bonds is 15. The highest BCUT2D eigenvalue weighted by molar-refractivity contribution is 7.58. The number of ether oxygens (including phenoxy) is 2. The first-order valence-electron chi connectivity index (χ1n) is 11.4. The highest BCUT2D eigenvalue weighted by Gasteiger charge is 2.28. The summed E-state index contributed by atoms with van der Waals surface area (Å²) in [6.07, 6.45) is -0.230. The van der Waals surface area contributed by atoms with Crippen molar-refractivity contribution in [2.45, 2.75) is 64.5 Å². The Hall–Kier alpha value is -2.99. The average molecular weight is 538 g/mol. The van der Waals surface area contributed by atoms with Gasteiger partial charge in [-0.1, -0.05) is 0 Å². The molecule has 0 saturated carbocycles. The van der Waals surface area contributed by atoms with Gasteiger partial charge in [-0.15, -0.1) is 0 Å². The Morgan fingerprint density at radius 2 is 1.61 bits per heavy atom. The molecule has 1 aliphatic heterocycles. The standard InChI is InChI=1S/C13H24NO7P.C8H11NO5/c1-4-20-13(18)10(8-9-22(3,19)21-5-2)14-11(15)6-7-12(16)17;10-6(1-2-7(11)12)9-5-3-4-14-8(5)13/h10H,4-9H2,1-3H3,(H,14,15)(H,16,17);5H,1-4H2,(H,9,10)(H,11,12)/t10-,22?;5-/m00/s1. The molecule has 4 N–H and O–H groups in total. The first-order valence-corrected chi connectivity index (χ1v) is 13.6. The molecule has 0 radical (unpaired) electrons. The number of hydrogen-bond acceptors (Lipinski definition) is 10. The third-order valence-electron chi connectivity index (χ3n) is 4.53. The van der Waals surface area contributed by atoms with Gasteiger partial charge in [0.15, 0.2) is 7.37 Å². The molecular formula is C21H35N2O12P. The van der Waals surface area contributed by atoms with Crippen LogP contribution in [0.2, 0.25) is 0 Å². The molecule has 3 atom stereocenters. The van der Waals surface area contributed by atoms with Crippen molar-refractivity contribution in [3.63, 3.8) is 0 Å². The molecule has 1 aliphatic rings. The summed E-state index contributed by atoms with van der Waals surface area (Å²) < 4.78 is 26.6. The summed E-state index contributed by atoms with van der Waals surface area (Å²) in [5, 5.41) is 21.7. The monoisotopic (exact) mass is 538 g/mol. The minimum atomic E-state index is -2.83. The molecule has 2 amide bonds. The number of esters is 2. The van der Waals surface area contributed by atoms with E-state index in [1.807, 2.05) is 0 Å². The summed E-state index contributed by atoms with van der Waals surface area (Å²) in [6, 6.07) is -1.56. The van der Waals surface area contributed by atoms with E-state index in [9.17, 15) is 33.3 Å². The van der Waals surface area contributed by atoms with Gasteiger partial charge >= 0.3 is 23.9 Å². The zero-order valence-electron chi connectivity index (χ0n) is 20.6. The fourth-order valence-corrected chi connectivity index (χ4v) is 4.20. The lowest BCUT2D eigenvalue weighted by Gasteiger charge is -2.19. The van der Waals surface area contributed by atoms with Crippen molar-refractivity contribution in [1.29, 1.82) is 0 Å². The number of nitrogens with one attached hydrogen (secondary N) is 2. The van der Waals surface area contributed by atoms with Crippen LogP contribution in [0.15, 0.2) is 0 Å². The van der Waals surface area contributed by atoms with Crippen molar-refractivity contribution in [3.05, 3.63) is 0 Å². The zero-order chi connectivity index (χ0) is 27.7. The molecular weight excluding hydrogens is 503 g/mol. The minimum Gasteiger partial charge on any atom is -0.481 e. The number of cyclic esters (lactones) is 1. The van der Waals surface area contributed by atoms with Crippen LogP contribution in [0.1, 0.15) is 52.4 Å². The van der Waals surface area contributed by atoms with Crippen molar-refractivity contribution in [1.82, 2.24) is 10.6 Å². The fraction of sp³-hybridized carbons (Fsp3) is 0.714. The number of aliphatic carboxylic acids is 2. The topological polar surface area (TPSA) is 212 Å². The van der Waals surface area contributed by atoms with Gasteiger partial charge in [0.05, 0.1) is 32.7 Å². The minimum absolute atomic E-state index is 0.103. The Kier molecular flexibility index (Phi) is 16.0. The third-order valence-corrected chi connectivity index (χ3v) is 6.41. The van der Waals surface area contributed by atoms with Crippen LogP contribution in [-0.2, 0) is 47.3 Å². The number of hydrogen-bond donors (Lipinski definition) is 4. The van der Waals surface area contributed by atoms with E-state index in [0.29, 0.717) is 19.6 Å². The second-order valence-electron chi connectivity index (χ2n) is 7.68. The Bertz CT molecular complexity index is 832. The lowest BCUT2D eigenvalue weighted by molar-refractivity contribution is -0.147. The molecule has 0 aromatic rings. The van der Waals surface area contributed by atoms with Gasteiger partial charge in [0.25, 0.3) is 0 Å². The summed E-state index contributed by atoms with van der Waals surface area (Å²) in [6.45, 7) is 5.56. The molecule has 0 aliphatic carbocycles. The molecule has 0 spiro atoms. The molecule has 0 bridgehead atoms. The molecule has 36 heavy (non-hydrogen) atoms. The molecule has 1 fully saturated rings. The Balaban J connectivity index is 0.000000748. The summed E-state index contributed by atoms with van der Waals surface area (Å²) >= 11 is 0. The Labute approximate surface area is 208 Å². The van der Waals surface area contributed by atoms with Crippen molar-refractivity contribution in [2.75, 3.05) is 32.6 Å². The van der Waals surface area contributed by atoms with Gasteiger partial charge in [0, 0.05) is 32.1 Å². The second kappa shape index (κ2) is 17.4. The Morgan fingerprint density at radius 3 is 2.08 bits per heavy atom. The van der Waals surface area contributed by atoms with Crippen LogP contribution in [0, 0.1) is 0 Å². The van der Waals surface area contributed by atoms with E-state index in [0.717, 1.165) is 0 Å². The van der Waals surface area contributed by atoms with Gasteiger partial charge in [-0.2, -0.15) is 0 Å². The first kappa shape index (κ1) is 33.0. The van der Waals surface area contributed by atoms with E-state index in [1.165, 1.54) is 6.66 Å². The molecule has 1 heterocycles. The number of carbonyl (C=O) groups excluding carboxylic acids is 4. The lowest BCUT2D eigenvalue weighted by Crippen LogP contribution is -2.42. The van der Waals surface area contributed by atoms with E-state index in [4.69, 9.17) is 19.5 Å². The summed E-state index contributed by atoms with van der Waals surface area (Å²) in [5.74, 6) is -4.22. The van der Waals surface area contributed by atoms with Crippen molar-refractivity contribution >= 4 is 43.1 Å². The predicted molar refractivity (Wildman–Crippen MR) is 124 cm³/mol. The normalized spacial score (nSPS) is 16.9. The number of carboxylic acids is 2. The average Bonchev–Trinajstić information content (AvgIpc) is 3.18. The van der Waals surface area contributed by atoms with Crippen LogP contribution in [0.5, 0.6) is 0 Å². The van der Waals surface area contributed by atoms with Crippen LogP contribution < -0.4 is 10.6 Å². The van der Waals surface area contributed by atoms with Crippen molar-refractivity contribution in [3.8, 4) is 0 Å². The first-order chi connectivity index (χ1) is 16.8. The van der Waals surface area contributed by atoms with E-state index >= 15 is 0 Å². The molecule has 1 unspecified atom stereocenters. The fourth-order valence-electron chi connectivity index (χ4n) is 2.79. The molecule has 15 heteroatoms. The highest BCUT2D eigenvalue weighted by Crippen LogP contribution is 2.43. The van der Waals surface area contributed by atoms with Gasteiger partial charge in [-0.25, -0.2) is 9.59 Å². The smallest absolute Gasteiger partial charge is 0.328 e. The third kappa shape index (κ3) is 15.8. The Morgan fingerprint density at radius 1 is 1.03 bits per heavy atom. The zero-order valence-corrected chi connectivity index (χ0v) is 21.5. The maximum Gasteiger partial charge on any atom is 0.328 e. The van der Waals surface area contributed by atoms with Crippen molar-refractivity contribution < 1.29 is 57.5 Å². The highest BCUT2D eigenvalue weighted by atomic mass is 31.2. The number of carboxylic acid groups (broad SMARTS) is 2. The van der Waals surface area contributed by atoms with E-state index in [2.05, 4.69) is 15.4 Å². The predicted octanol–water partition coefficient (Wildman–Crippen LogP) is 0.517. The van der Waals surface area contributed by atoms with Crippen molar-refractivity contribution in [2.24, 2.45) is 0 Å². The largest absolute Gasteiger partial charge is 0.481 e. The second-order valence-corrected chi connectivity index (χ2v) is 10.4. The van der Waals surface area contributed by atoms with E-state index in [-0.39, 0.29) is 44.9 Å². The van der Waals surface area contributed by atoms with Crippen LogP contribution in [0.4, 0.5) is 0 Å². The van der Waals surface area contributed by atoms with E-state index in [1.54, 1.807) is 13.8 Å². The van der Waals surface area contributed by atoms with Gasteiger partial charge in [0.2, 0.25) is 11.8 Å². The molecule has 1 rings (SSSR count).